The fraction of sp³-hybridized carbons (Fsp3) is 0.457. The molecule has 0 spiro atoms. The normalized spacial score (nSPS) is 14.6. The van der Waals surface area contributed by atoms with Crippen LogP contribution < -0.4 is 19.5 Å². The summed E-state index contributed by atoms with van der Waals surface area (Å²) in [6.07, 6.45) is 8.18. The third-order valence-electron chi connectivity index (χ3n) is 10.2. The highest BCUT2D eigenvalue weighted by Crippen LogP contribution is 2.46. The molecule has 0 aliphatic heterocycles. The number of methoxy groups -OCH3 is 2. The number of hydrogen-bond acceptors (Lipinski definition) is 14. The van der Waals surface area contributed by atoms with Crippen LogP contribution in [0.3, 0.4) is 0 Å². The van der Waals surface area contributed by atoms with E-state index in [-0.39, 0.29) is 51.0 Å². The molecular weight excluding hydrogens is 809 g/mol. The summed E-state index contributed by atoms with van der Waals surface area (Å²) < 4.78 is 52.7. The van der Waals surface area contributed by atoms with Gasteiger partial charge in [0.05, 0.1) is 19.6 Å². The van der Waals surface area contributed by atoms with Crippen LogP contribution in [0.2, 0.25) is 0 Å². The summed E-state index contributed by atoms with van der Waals surface area (Å²) in [6.45, 7) is 14.9. The quantitative estimate of drug-likeness (QED) is 0.0364. The van der Waals surface area contributed by atoms with Gasteiger partial charge in [-0.15, -0.1) is 0 Å². The van der Waals surface area contributed by atoms with Crippen LogP contribution >= 0.6 is 0 Å². The van der Waals surface area contributed by atoms with Gasteiger partial charge in [0.2, 0.25) is 5.91 Å². The third-order valence-corrected chi connectivity index (χ3v) is 10.2. The van der Waals surface area contributed by atoms with Gasteiger partial charge < -0.3 is 38.5 Å². The first kappa shape index (κ1) is 50.0. The van der Waals surface area contributed by atoms with Gasteiger partial charge >= 0.3 is 35.8 Å². The molecule has 0 atom stereocenters. The Morgan fingerprint density at radius 3 is 1.76 bits per heavy atom. The van der Waals surface area contributed by atoms with Gasteiger partial charge in [-0.1, -0.05) is 58.4 Å². The van der Waals surface area contributed by atoms with E-state index in [9.17, 15) is 33.6 Å². The first-order valence-corrected chi connectivity index (χ1v) is 20.1. The van der Waals surface area contributed by atoms with Crippen molar-refractivity contribution >= 4 is 41.7 Å². The maximum absolute atomic E-state index is 16.2. The number of carbonyl (C=O) groups excluding carboxylic acids is 7. The Hall–Kier alpha value is -6.32. The van der Waals surface area contributed by atoms with E-state index >= 15 is 4.39 Å². The van der Waals surface area contributed by atoms with Gasteiger partial charge in [0.25, 0.3) is 0 Å². The van der Waals surface area contributed by atoms with Crippen molar-refractivity contribution < 1.29 is 71.1 Å². The summed E-state index contributed by atoms with van der Waals surface area (Å²) in [4.78, 5) is 86.8. The fourth-order valence-corrected chi connectivity index (χ4v) is 6.55. The number of carbonyl (C=O) groups is 7. The number of nitrogens with one attached hydrogen (secondary N) is 1. The van der Waals surface area contributed by atoms with E-state index in [0.29, 0.717) is 11.5 Å². The molecule has 0 aromatic heterocycles. The van der Waals surface area contributed by atoms with Crippen LogP contribution in [0.15, 0.2) is 66.8 Å². The first-order chi connectivity index (χ1) is 29.3. The van der Waals surface area contributed by atoms with Gasteiger partial charge in [-0.25, -0.2) is 33.2 Å². The molecule has 16 heteroatoms. The summed E-state index contributed by atoms with van der Waals surface area (Å²) in [5.41, 5.74) is -0.419. The zero-order valence-corrected chi connectivity index (χ0v) is 36.2. The van der Waals surface area contributed by atoms with Crippen LogP contribution in [0.5, 0.6) is 17.2 Å². The topological polar surface area (TPSA) is 196 Å². The molecule has 1 saturated carbocycles. The SMILES string of the molecule is C=C(C)C(=O)NCC(COC(=O)C(=O)OC)(COC(=O)C(=O)OC)COc1ccc(-c2cc(OC(=O)C(=C)C)c(C3CCC(CCCCC)CC3)cc2OC(=O)C(=C)C)cc1F. The lowest BCUT2D eigenvalue weighted by Gasteiger charge is -2.32. The molecule has 1 aliphatic carbocycles. The van der Waals surface area contributed by atoms with E-state index in [1.807, 2.05) is 0 Å². The predicted octanol–water partition coefficient (Wildman–Crippen LogP) is 6.80. The van der Waals surface area contributed by atoms with Gasteiger partial charge in [-0.3, -0.25) is 4.79 Å². The largest absolute Gasteiger partial charge is 0.490 e. The van der Waals surface area contributed by atoms with Crippen molar-refractivity contribution in [2.75, 3.05) is 40.6 Å². The number of unbranched alkanes of at least 4 members (excludes halogenated alkanes) is 2. The molecule has 15 nitrogen and oxygen atoms in total. The second-order valence-electron chi connectivity index (χ2n) is 15.5. The molecule has 62 heavy (non-hydrogen) atoms. The Kier molecular flexibility index (Phi) is 19.1. The van der Waals surface area contributed by atoms with Crippen molar-refractivity contribution in [3.8, 4) is 28.4 Å². The summed E-state index contributed by atoms with van der Waals surface area (Å²) in [5, 5.41) is 2.52. The molecule has 0 unspecified atom stereocenters. The lowest BCUT2D eigenvalue weighted by atomic mass is 9.76. The number of benzene rings is 2. The minimum Gasteiger partial charge on any atom is -0.490 e. The van der Waals surface area contributed by atoms with Gasteiger partial charge in [0.1, 0.15) is 31.3 Å². The zero-order valence-electron chi connectivity index (χ0n) is 36.2. The molecule has 2 aromatic carbocycles. The Morgan fingerprint density at radius 1 is 0.694 bits per heavy atom. The predicted molar refractivity (Wildman–Crippen MR) is 223 cm³/mol. The number of esters is 6. The van der Waals surface area contributed by atoms with E-state index in [1.165, 1.54) is 45.4 Å². The molecule has 336 valence electrons. The molecule has 1 N–H and O–H groups in total. The molecule has 2 aromatic rings. The molecule has 1 fully saturated rings. The van der Waals surface area contributed by atoms with Gasteiger partial charge in [-0.05, 0) is 88.1 Å². The minimum atomic E-state index is -1.76. The summed E-state index contributed by atoms with van der Waals surface area (Å²) >= 11 is 0. The third kappa shape index (κ3) is 14.4. The average Bonchev–Trinajstić information content (AvgIpc) is 3.25. The average molecular weight is 866 g/mol. The molecule has 0 saturated heterocycles. The van der Waals surface area contributed by atoms with Crippen molar-refractivity contribution in [2.24, 2.45) is 11.3 Å². The number of amides is 1. The van der Waals surface area contributed by atoms with Crippen molar-refractivity contribution in [3.05, 3.63) is 78.2 Å². The van der Waals surface area contributed by atoms with Crippen LogP contribution in [0, 0.1) is 17.2 Å². The standard InChI is InChI=1S/C46H56FNO14/c1-10-11-12-13-30-14-16-31(17-15-30)33-21-38(62-41(51)29(6)7)34(22-37(33)61-40(50)28(4)5)32-18-19-36(35(47)20-32)58-24-46(23-48-39(49)27(2)3,25-59-44(54)42(52)56-8)26-60-45(55)43(53)57-9/h18-22,30-31H,2,4,6,10-17,23-26H2,1,3,5,7-9H3,(H,48,49). The molecular formula is C46H56FNO14. The van der Waals surface area contributed by atoms with Crippen LogP contribution in [0.25, 0.3) is 11.1 Å². The van der Waals surface area contributed by atoms with E-state index in [0.717, 1.165) is 65.2 Å². The summed E-state index contributed by atoms with van der Waals surface area (Å²) in [6, 6.07) is 6.91. The maximum Gasteiger partial charge on any atom is 0.417 e. The Bertz CT molecular complexity index is 2020. The van der Waals surface area contributed by atoms with E-state index in [2.05, 4.69) is 41.5 Å². The first-order valence-electron chi connectivity index (χ1n) is 20.1. The Morgan fingerprint density at radius 2 is 1.26 bits per heavy atom. The maximum atomic E-state index is 16.2. The lowest BCUT2D eigenvalue weighted by Crippen LogP contribution is -2.49. The molecule has 0 heterocycles. The molecule has 0 bridgehead atoms. The van der Waals surface area contributed by atoms with Crippen LogP contribution in [0.4, 0.5) is 4.39 Å². The Labute approximate surface area is 360 Å². The lowest BCUT2D eigenvalue weighted by molar-refractivity contribution is -0.173. The highest BCUT2D eigenvalue weighted by molar-refractivity contribution is 6.30. The zero-order chi connectivity index (χ0) is 46.1. The number of ether oxygens (including phenoxy) is 7. The second kappa shape index (κ2) is 23.6. The van der Waals surface area contributed by atoms with Crippen LogP contribution in [0.1, 0.15) is 90.5 Å². The number of halogens is 1. The molecule has 1 amide bonds. The van der Waals surface area contributed by atoms with E-state index < -0.39 is 79.3 Å². The number of hydrogen-bond donors (Lipinski definition) is 1. The monoisotopic (exact) mass is 865 g/mol. The Balaban J connectivity index is 2.09. The molecule has 0 radical (unpaired) electrons. The van der Waals surface area contributed by atoms with Crippen LogP contribution in [-0.2, 0) is 52.5 Å². The van der Waals surface area contributed by atoms with Crippen molar-refractivity contribution in [3.63, 3.8) is 0 Å². The second-order valence-corrected chi connectivity index (χ2v) is 15.5. The van der Waals surface area contributed by atoms with Crippen LogP contribution in [-0.4, -0.2) is 82.3 Å². The van der Waals surface area contributed by atoms with Gasteiger partial charge in [-0.2, -0.15) is 0 Å². The smallest absolute Gasteiger partial charge is 0.417 e. The summed E-state index contributed by atoms with van der Waals surface area (Å²) in [7, 11) is 1.88. The highest BCUT2D eigenvalue weighted by Gasteiger charge is 2.38. The van der Waals surface area contributed by atoms with E-state index in [4.69, 9.17) is 23.7 Å². The molecule has 3 rings (SSSR count). The van der Waals surface area contributed by atoms with E-state index in [1.54, 1.807) is 6.07 Å². The fourth-order valence-electron chi connectivity index (χ4n) is 6.55. The van der Waals surface area contributed by atoms with Gasteiger partial charge in [0, 0.05) is 34.4 Å². The van der Waals surface area contributed by atoms with Crippen molar-refractivity contribution in [1.29, 1.82) is 0 Å². The number of rotatable bonds is 20. The summed E-state index contributed by atoms with van der Waals surface area (Å²) in [5.74, 6) is -8.26. The van der Waals surface area contributed by atoms with Crippen molar-refractivity contribution in [2.45, 2.75) is 85.0 Å². The minimum absolute atomic E-state index is 0.0339. The highest BCUT2D eigenvalue weighted by atomic mass is 19.1. The van der Waals surface area contributed by atoms with Gasteiger partial charge in [0.15, 0.2) is 11.6 Å². The van der Waals surface area contributed by atoms with Crippen molar-refractivity contribution in [1.82, 2.24) is 5.32 Å². The molecule has 1 aliphatic rings.